The Balaban J connectivity index is 1.87. The van der Waals surface area contributed by atoms with E-state index in [2.05, 4.69) is 22.2 Å². The molecule has 1 fully saturated rings. The largest absolute Gasteiger partial charge is 0.383 e. The van der Waals surface area contributed by atoms with E-state index < -0.39 is 0 Å². The van der Waals surface area contributed by atoms with Crippen LogP contribution in [-0.2, 0) is 14.3 Å². The maximum Gasteiger partial charge on any atom is 0.243 e. The monoisotopic (exact) mass is 348 g/mol. The standard InChI is InChI=1S/C18H28N4O3/c1-15(23)22(12-13-25-3)14-18(24)19-16-4-6-17(7-5-16)21-10-8-20(2)9-11-21/h4-7H,8-14H2,1-3H3,(H,19,24). The molecule has 1 N–H and O–H groups in total. The van der Waals surface area contributed by atoms with Crippen molar-refractivity contribution in [2.24, 2.45) is 0 Å². The molecule has 2 amide bonds. The summed E-state index contributed by atoms with van der Waals surface area (Å²) in [5.74, 6) is -0.351. The Hall–Kier alpha value is -2.12. The average molecular weight is 348 g/mol. The van der Waals surface area contributed by atoms with Crippen molar-refractivity contribution in [3.8, 4) is 0 Å². The van der Waals surface area contributed by atoms with Crippen molar-refractivity contribution < 1.29 is 14.3 Å². The molecule has 1 aromatic rings. The number of carbonyl (C=O) groups is 2. The van der Waals surface area contributed by atoms with Gasteiger partial charge in [0.25, 0.3) is 0 Å². The first kappa shape index (κ1) is 19.2. The van der Waals surface area contributed by atoms with Gasteiger partial charge in [0.05, 0.1) is 13.2 Å². The minimum atomic E-state index is -0.210. The van der Waals surface area contributed by atoms with Crippen LogP contribution in [0.15, 0.2) is 24.3 Å². The Labute approximate surface area is 149 Å². The smallest absolute Gasteiger partial charge is 0.243 e. The lowest BCUT2D eigenvalue weighted by Gasteiger charge is -2.34. The number of nitrogens with one attached hydrogen (secondary N) is 1. The molecule has 7 heteroatoms. The Kier molecular flexibility index (Phi) is 7.21. The fourth-order valence-corrected chi connectivity index (χ4v) is 2.74. The van der Waals surface area contributed by atoms with Crippen molar-refractivity contribution in [1.29, 1.82) is 0 Å². The molecule has 25 heavy (non-hydrogen) atoms. The first-order valence-corrected chi connectivity index (χ1v) is 8.57. The van der Waals surface area contributed by atoms with Gasteiger partial charge in [-0.2, -0.15) is 0 Å². The number of carbonyl (C=O) groups excluding carboxylic acids is 2. The second kappa shape index (κ2) is 9.39. The molecule has 0 spiro atoms. The zero-order valence-corrected chi connectivity index (χ0v) is 15.3. The van der Waals surface area contributed by atoms with Gasteiger partial charge in [-0.1, -0.05) is 0 Å². The molecule has 1 aromatic carbocycles. The van der Waals surface area contributed by atoms with Crippen molar-refractivity contribution in [2.75, 3.05) is 70.2 Å². The molecule has 0 radical (unpaired) electrons. The number of ether oxygens (including phenoxy) is 1. The number of amides is 2. The summed E-state index contributed by atoms with van der Waals surface area (Å²) in [7, 11) is 3.70. The minimum absolute atomic E-state index is 0.0267. The molecule has 1 aliphatic rings. The molecule has 1 heterocycles. The number of benzene rings is 1. The highest BCUT2D eigenvalue weighted by atomic mass is 16.5. The zero-order valence-electron chi connectivity index (χ0n) is 15.3. The lowest BCUT2D eigenvalue weighted by Crippen LogP contribution is -2.44. The molecule has 1 saturated heterocycles. The quantitative estimate of drug-likeness (QED) is 0.792. The highest BCUT2D eigenvalue weighted by molar-refractivity contribution is 5.94. The zero-order chi connectivity index (χ0) is 18.2. The van der Waals surface area contributed by atoms with Gasteiger partial charge >= 0.3 is 0 Å². The fraction of sp³-hybridized carbons (Fsp3) is 0.556. The topological polar surface area (TPSA) is 65.1 Å². The summed E-state index contributed by atoms with van der Waals surface area (Å²) >= 11 is 0. The fourth-order valence-electron chi connectivity index (χ4n) is 2.74. The number of piperazine rings is 1. The summed E-state index contributed by atoms with van der Waals surface area (Å²) in [5, 5.41) is 2.84. The maximum atomic E-state index is 12.2. The minimum Gasteiger partial charge on any atom is -0.383 e. The molecule has 2 rings (SSSR count). The van der Waals surface area contributed by atoms with Crippen LogP contribution in [0.1, 0.15) is 6.92 Å². The summed E-state index contributed by atoms with van der Waals surface area (Å²) in [6, 6.07) is 7.85. The lowest BCUT2D eigenvalue weighted by atomic mass is 10.2. The molecule has 7 nitrogen and oxygen atoms in total. The average Bonchev–Trinajstić information content (AvgIpc) is 2.60. The summed E-state index contributed by atoms with van der Waals surface area (Å²) in [4.78, 5) is 29.8. The Morgan fingerprint density at radius 1 is 1.16 bits per heavy atom. The molecule has 0 unspecified atom stereocenters. The number of likely N-dealkylation sites (N-methyl/N-ethyl adjacent to an activating group) is 1. The van der Waals surface area contributed by atoms with Crippen LogP contribution in [-0.4, -0.2) is 81.6 Å². The van der Waals surface area contributed by atoms with Crippen LogP contribution < -0.4 is 10.2 Å². The van der Waals surface area contributed by atoms with Crippen molar-refractivity contribution in [3.63, 3.8) is 0 Å². The Morgan fingerprint density at radius 3 is 2.36 bits per heavy atom. The highest BCUT2D eigenvalue weighted by Crippen LogP contribution is 2.19. The highest BCUT2D eigenvalue weighted by Gasteiger charge is 2.15. The van der Waals surface area contributed by atoms with Crippen molar-refractivity contribution in [3.05, 3.63) is 24.3 Å². The van der Waals surface area contributed by atoms with Gasteiger partial charge in [-0.15, -0.1) is 0 Å². The number of hydrogen-bond donors (Lipinski definition) is 1. The van der Waals surface area contributed by atoms with Crippen LogP contribution >= 0.6 is 0 Å². The van der Waals surface area contributed by atoms with Crippen LogP contribution in [0.2, 0.25) is 0 Å². The van der Waals surface area contributed by atoms with Crippen LogP contribution in [0.5, 0.6) is 0 Å². The second-order valence-corrected chi connectivity index (χ2v) is 6.32. The van der Waals surface area contributed by atoms with Gasteiger partial charge in [0, 0.05) is 58.1 Å². The van der Waals surface area contributed by atoms with Gasteiger partial charge in [0.1, 0.15) is 0 Å². The van der Waals surface area contributed by atoms with Gasteiger partial charge in [0.15, 0.2) is 0 Å². The van der Waals surface area contributed by atoms with Gasteiger partial charge in [-0.25, -0.2) is 0 Å². The number of anilines is 2. The predicted octanol–water partition coefficient (Wildman–Crippen LogP) is 0.872. The summed E-state index contributed by atoms with van der Waals surface area (Å²) < 4.78 is 4.97. The van der Waals surface area contributed by atoms with Gasteiger partial charge < -0.3 is 24.8 Å². The molecular formula is C18H28N4O3. The molecule has 0 saturated carbocycles. The van der Waals surface area contributed by atoms with E-state index in [0.717, 1.165) is 37.6 Å². The van der Waals surface area contributed by atoms with Crippen LogP contribution in [0.4, 0.5) is 11.4 Å². The third-order valence-corrected chi connectivity index (χ3v) is 4.36. The Morgan fingerprint density at radius 2 is 1.80 bits per heavy atom. The first-order valence-electron chi connectivity index (χ1n) is 8.57. The lowest BCUT2D eigenvalue weighted by molar-refractivity contribution is -0.133. The molecular weight excluding hydrogens is 320 g/mol. The third-order valence-electron chi connectivity index (χ3n) is 4.36. The number of hydrogen-bond acceptors (Lipinski definition) is 5. The van der Waals surface area contributed by atoms with Crippen LogP contribution in [0.25, 0.3) is 0 Å². The maximum absolute atomic E-state index is 12.2. The van der Waals surface area contributed by atoms with E-state index in [-0.39, 0.29) is 18.4 Å². The SMILES string of the molecule is COCCN(CC(=O)Nc1ccc(N2CCN(C)CC2)cc1)C(C)=O. The van der Waals surface area contributed by atoms with Crippen molar-refractivity contribution >= 4 is 23.2 Å². The van der Waals surface area contributed by atoms with Gasteiger partial charge in [-0.05, 0) is 31.3 Å². The van der Waals surface area contributed by atoms with E-state index in [1.807, 2.05) is 24.3 Å². The van der Waals surface area contributed by atoms with E-state index in [0.29, 0.717) is 13.2 Å². The molecule has 0 aromatic heterocycles. The second-order valence-electron chi connectivity index (χ2n) is 6.32. The molecule has 0 aliphatic carbocycles. The van der Waals surface area contributed by atoms with E-state index in [1.165, 1.54) is 11.8 Å². The van der Waals surface area contributed by atoms with Crippen molar-refractivity contribution in [1.82, 2.24) is 9.80 Å². The van der Waals surface area contributed by atoms with Crippen LogP contribution in [0, 0.1) is 0 Å². The predicted molar refractivity (Wildman–Crippen MR) is 98.9 cm³/mol. The van der Waals surface area contributed by atoms with Crippen LogP contribution in [0.3, 0.4) is 0 Å². The number of rotatable bonds is 7. The summed E-state index contributed by atoms with van der Waals surface area (Å²) in [5.41, 5.74) is 1.90. The van der Waals surface area contributed by atoms with Gasteiger partial charge in [0.2, 0.25) is 11.8 Å². The summed E-state index contributed by atoms with van der Waals surface area (Å²) in [6.07, 6.45) is 0. The van der Waals surface area contributed by atoms with Gasteiger partial charge in [-0.3, -0.25) is 9.59 Å². The number of methoxy groups -OCH3 is 1. The van der Waals surface area contributed by atoms with E-state index in [1.54, 1.807) is 7.11 Å². The van der Waals surface area contributed by atoms with E-state index >= 15 is 0 Å². The number of nitrogens with zero attached hydrogens (tertiary/aromatic N) is 3. The molecule has 138 valence electrons. The summed E-state index contributed by atoms with van der Waals surface area (Å²) in [6.45, 7) is 6.42. The van der Waals surface area contributed by atoms with E-state index in [9.17, 15) is 9.59 Å². The van der Waals surface area contributed by atoms with E-state index in [4.69, 9.17) is 4.74 Å². The third kappa shape index (κ3) is 6.03. The molecule has 1 aliphatic heterocycles. The first-order chi connectivity index (χ1) is 12.0. The molecule has 0 atom stereocenters. The molecule has 0 bridgehead atoms. The Bertz CT molecular complexity index is 568. The normalized spacial score (nSPS) is 15.1. The van der Waals surface area contributed by atoms with Crippen molar-refractivity contribution in [2.45, 2.75) is 6.92 Å².